The van der Waals surface area contributed by atoms with Crippen LogP contribution in [0.4, 0.5) is 0 Å². The van der Waals surface area contributed by atoms with Crippen LogP contribution in [0.15, 0.2) is 17.0 Å². The van der Waals surface area contributed by atoms with Gasteiger partial charge in [-0.15, -0.1) is 0 Å². The molecule has 0 saturated carbocycles. The molecular weight excluding hydrogens is 219 g/mol. The third-order valence-corrected chi connectivity index (χ3v) is 2.96. The van der Waals surface area contributed by atoms with E-state index in [9.17, 15) is 18.1 Å². The maximum atomic E-state index is 10.7. The third kappa shape index (κ3) is 2.49. The molecule has 0 aliphatic carbocycles. The van der Waals surface area contributed by atoms with E-state index >= 15 is 0 Å². The number of hydrogen-bond acceptors (Lipinski definition) is 4. The van der Waals surface area contributed by atoms with Crippen LogP contribution in [-0.4, -0.2) is 35.4 Å². The summed E-state index contributed by atoms with van der Waals surface area (Å²) in [5.41, 5.74) is 0.715. The van der Waals surface area contributed by atoms with Crippen molar-refractivity contribution in [3.63, 3.8) is 0 Å². The second-order valence-electron chi connectivity index (χ2n) is 2.79. The minimum absolute atomic E-state index is 0. The fourth-order valence-electron chi connectivity index (χ4n) is 1.05. The van der Waals surface area contributed by atoms with Crippen LogP contribution in [0.25, 0.3) is 0 Å². The van der Waals surface area contributed by atoms with E-state index < -0.39 is 10.1 Å². The molecule has 1 aromatic rings. The van der Waals surface area contributed by atoms with Gasteiger partial charge in [0.2, 0.25) is 0 Å². The quantitative estimate of drug-likeness (QED) is 0.562. The molecule has 0 aliphatic rings. The van der Waals surface area contributed by atoms with Gasteiger partial charge in [0.1, 0.15) is 15.9 Å². The molecule has 0 spiro atoms. The molecule has 1 N–H and O–H groups in total. The molecule has 1 aromatic carbocycles. The minimum atomic E-state index is -4.43. The normalized spacial score (nSPS) is 10.8. The maximum Gasteiger partial charge on any atom is 3.00 e. The molecule has 4 nitrogen and oxygen atoms in total. The van der Waals surface area contributed by atoms with Crippen molar-refractivity contribution >= 4 is 27.5 Å². The molecule has 0 amide bonds. The first-order valence-corrected chi connectivity index (χ1v) is 5.00. The third-order valence-electron chi connectivity index (χ3n) is 1.98. The van der Waals surface area contributed by atoms with E-state index in [-0.39, 0.29) is 28.0 Å². The number of aromatic hydroxyl groups is 1. The molecule has 14 heavy (non-hydrogen) atoms. The Labute approximate surface area is 93.5 Å². The molecule has 0 unspecified atom stereocenters. The van der Waals surface area contributed by atoms with E-state index in [4.69, 9.17) is 0 Å². The Morgan fingerprint density at radius 2 is 1.71 bits per heavy atom. The Bertz CT molecular complexity index is 439. The second-order valence-corrected chi connectivity index (χ2v) is 4.14. The average molecular weight is 228 g/mol. The van der Waals surface area contributed by atoms with Crippen molar-refractivity contribution in [2.45, 2.75) is 18.7 Å². The molecule has 0 fully saturated rings. The van der Waals surface area contributed by atoms with Crippen molar-refractivity contribution in [2.24, 2.45) is 0 Å². The second kappa shape index (κ2) is 4.32. The van der Waals surface area contributed by atoms with E-state index in [2.05, 4.69) is 0 Å². The van der Waals surface area contributed by atoms with Crippen molar-refractivity contribution in [3.8, 4) is 5.75 Å². The molecular formula is C8H9AlO4S+2. The van der Waals surface area contributed by atoms with E-state index in [1.807, 2.05) is 0 Å². The van der Waals surface area contributed by atoms with Crippen molar-refractivity contribution < 1.29 is 18.1 Å². The Balaban J connectivity index is 0.00000169. The van der Waals surface area contributed by atoms with Crippen molar-refractivity contribution in [1.29, 1.82) is 0 Å². The summed E-state index contributed by atoms with van der Waals surface area (Å²) in [5, 5.41) is 9.19. The van der Waals surface area contributed by atoms with E-state index in [0.717, 1.165) is 6.07 Å². The molecule has 0 radical (unpaired) electrons. The van der Waals surface area contributed by atoms with Gasteiger partial charge in [-0.25, -0.2) is 8.42 Å². The Morgan fingerprint density at radius 3 is 2.14 bits per heavy atom. The maximum absolute atomic E-state index is 10.7. The topological polar surface area (TPSA) is 77.4 Å². The van der Waals surface area contributed by atoms with E-state index in [1.165, 1.54) is 13.0 Å². The molecule has 0 aromatic heterocycles. The summed E-state index contributed by atoms with van der Waals surface area (Å²) in [6, 6.07) is 2.31. The molecule has 0 atom stereocenters. The van der Waals surface area contributed by atoms with Gasteiger partial charge >= 0.3 is 17.4 Å². The van der Waals surface area contributed by atoms with Crippen LogP contribution in [0.5, 0.6) is 5.75 Å². The molecule has 0 aliphatic heterocycles. The van der Waals surface area contributed by atoms with Crippen LogP contribution < -0.4 is 0 Å². The Hall–Kier alpha value is -0.538. The largest absolute Gasteiger partial charge is 3.00 e. The zero-order valence-electron chi connectivity index (χ0n) is 7.81. The standard InChI is InChI=1S/C8H10O4S.Al/c1-5-6(2)8(13(10,11)12)4-3-7(5)9;/h3-4,9H,1-2H3,(H,10,11,12);/q;+3/p-1. The van der Waals surface area contributed by atoms with Crippen LogP contribution in [-0.2, 0) is 10.1 Å². The summed E-state index contributed by atoms with van der Waals surface area (Å²) >= 11 is 0. The van der Waals surface area contributed by atoms with E-state index in [0.29, 0.717) is 11.1 Å². The Kier molecular flexibility index (Phi) is 4.16. The summed E-state index contributed by atoms with van der Waals surface area (Å²) in [7, 11) is -4.43. The van der Waals surface area contributed by atoms with Crippen molar-refractivity contribution in [1.82, 2.24) is 0 Å². The van der Waals surface area contributed by atoms with Gasteiger partial charge in [-0.1, -0.05) is 0 Å². The van der Waals surface area contributed by atoms with Gasteiger partial charge in [0.05, 0.1) is 4.90 Å². The monoisotopic (exact) mass is 228 g/mol. The summed E-state index contributed by atoms with van der Waals surface area (Å²) in [5.74, 6) is -0.00935. The van der Waals surface area contributed by atoms with Crippen molar-refractivity contribution in [3.05, 3.63) is 23.3 Å². The molecule has 6 heteroatoms. The number of phenols is 1. The number of benzene rings is 1. The first kappa shape index (κ1) is 13.5. The number of phenolic OH excluding ortho intramolecular Hbond substituents is 1. The summed E-state index contributed by atoms with van der Waals surface area (Å²) in [4.78, 5) is -0.275. The van der Waals surface area contributed by atoms with Crippen LogP contribution in [0.3, 0.4) is 0 Å². The van der Waals surface area contributed by atoms with Crippen LogP contribution in [0.2, 0.25) is 0 Å². The predicted octanol–water partition coefficient (Wildman–Crippen LogP) is 0.532. The zero-order valence-corrected chi connectivity index (χ0v) is 9.78. The van der Waals surface area contributed by atoms with Crippen LogP contribution in [0.1, 0.15) is 11.1 Å². The molecule has 0 bridgehead atoms. The van der Waals surface area contributed by atoms with Gasteiger partial charge in [-0.3, -0.25) is 0 Å². The van der Waals surface area contributed by atoms with Gasteiger partial charge in [0.15, 0.2) is 0 Å². The molecule has 0 heterocycles. The van der Waals surface area contributed by atoms with Gasteiger partial charge in [0.25, 0.3) is 0 Å². The van der Waals surface area contributed by atoms with E-state index in [1.54, 1.807) is 6.92 Å². The summed E-state index contributed by atoms with van der Waals surface area (Å²) in [6.45, 7) is 3.04. The average Bonchev–Trinajstić information content (AvgIpc) is 1.98. The van der Waals surface area contributed by atoms with Crippen molar-refractivity contribution in [2.75, 3.05) is 0 Å². The van der Waals surface area contributed by atoms with Gasteiger partial charge < -0.3 is 9.66 Å². The molecule has 72 valence electrons. The number of hydrogen-bond donors (Lipinski definition) is 1. The fraction of sp³-hybridized carbons (Fsp3) is 0.250. The van der Waals surface area contributed by atoms with Crippen LogP contribution >= 0.6 is 0 Å². The Morgan fingerprint density at radius 1 is 1.21 bits per heavy atom. The predicted molar refractivity (Wildman–Crippen MR) is 51.3 cm³/mol. The minimum Gasteiger partial charge on any atom is -0.744 e. The first-order valence-electron chi connectivity index (χ1n) is 3.59. The SMILES string of the molecule is Cc1c(O)ccc(S(=O)(=O)[O-])c1C.[Al+3]. The number of rotatable bonds is 1. The smallest absolute Gasteiger partial charge is 0.744 e. The fourth-order valence-corrected chi connectivity index (χ4v) is 1.82. The van der Waals surface area contributed by atoms with Gasteiger partial charge in [0, 0.05) is 0 Å². The first-order chi connectivity index (χ1) is 5.84. The van der Waals surface area contributed by atoms with Crippen LogP contribution in [0, 0.1) is 13.8 Å². The summed E-state index contributed by atoms with van der Waals surface area (Å²) < 4.78 is 32.0. The van der Waals surface area contributed by atoms with Gasteiger partial charge in [-0.2, -0.15) is 0 Å². The van der Waals surface area contributed by atoms with Gasteiger partial charge in [-0.05, 0) is 37.1 Å². The zero-order chi connectivity index (χ0) is 10.2. The molecule has 0 saturated heterocycles. The molecule has 1 rings (SSSR count). The summed E-state index contributed by atoms with van der Waals surface area (Å²) in [6.07, 6.45) is 0.